The van der Waals surface area contributed by atoms with Crippen LogP contribution >= 0.6 is 0 Å². The number of Topliss-reactive ketones (excluding diaryl/α,β-unsaturated/α-hetero) is 1. The van der Waals surface area contributed by atoms with E-state index in [1.54, 1.807) is 30.3 Å². The molecule has 4 nitrogen and oxygen atoms in total. The molecule has 0 spiro atoms. The maximum absolute atomic E-state index is 12.3. The number of benzene rings is 2. The van der Waals surface area contributed by atoms with Crippen molar-refractivity contribution in [3.05, 3.63) is 70.9 Å². The maximum Gasteiger partial charge on any atom is 0.338 e. The van der Waals surface area contributed by atoms with Crippen molar-refractivity contribution < 1.29 is 14.3 Å². The van der Waals surface area contributed by atoms with Gasteiger partial charge in [0.1, 0.15) is 0 Å². The van der Waals surface area contributed by atoms with E-state index in [0.29, 0.717) is 11.1 Å². The van der Waals surface area contributed by atoms with Gasteiger partial charge in [0.15, 0.2) is 12.4 Å². The number of carbonyl (C=O) groups excluding carboxylic acids is 2. The Bertz CT molecular complexity index is 940. The highest BCUT2D eigenvalue weighted by Crippen LogP contribution is 2.29. The highest BCUT2D eigenvalue weighted by molar-refractivity contribution is 6.00. The molecule has 4 rings (SSSR count). The molecule has 0 aliphatic heterocycles. The fourth-order valence-corrected chi connectivity index (χ4v) is 3.45. The molecule has 126 valence electrons. The third-order valence-electron chi connectivity index (χ3n) is 4.76. The van der Waals surface area contributed by atoms with Gasteiger partial charge in [0.2, 0.25) is 0 Å². The third-order valence-corrected chi connectivity index (χ3v) is 4.76. The number of esters is 1. The van der Waals surface area contributed by atoms with Crippen LogP contribution in [-0.4, -0.2) is 23.3 Å². The SMILES string of the molecule is O=C(COC(=O)c1ccc2[nH]c3c(c2c1)CCCC3)c1ccccc1. The normalized spacial score (nSPS) is 13.4. The summed E-state index contributed by atoms with van der Waals surface area (Å²) in [6.45, 7) is -0.244. The van der Waals surface area contributed by atoms with E-state index in [-0.39, 0.29) is 12.4 Å². The highest BCUT2D eigenvalue weighted by Gasteiger charge is 2.18. The van der Waals surface area contributed by atoms with Crippen LogP contribution in [0, 0.1) is 0 Å². The van der Waals surface area contributed by atoms with Crippen molar-refractivity contribution in [2.24, 2.45) is 0 Å². The number of hydrogen-bond acceptors (Lipinski definition) is 3. The van der Waals surface area contributed by atoms with Crippen LogP contribution in [0.2, 0.25) is 0 Å². The van der Waals surface area contributed by atoms with Gasteiger partial charge < -0.3 is 9.72 Å². The van der Waals surface area contributed by atoms with Crippen molar-refractivity contribution in [3.63, 3.8) is 0 Å². The predicted molar refractivity (Wildman–Crippen MR) is 96.0 cm³/mol. The number of fused-ring (bicyclic) bond motifs is 3. The quantitative estimate of drug-likeness (QED) is 0.578. The average Bonchev–Trinajstić information content (AvgIpc) is 3.04. The summed E-state index contributed by atoms with van der Waals surface area (Å²) < 4.78 is 5.22. The van der Waals surface area contributed by atoms with Crippen molar-refractivity contribution in [1.29, 1.82) is 0 Å². The molecule has 1 heterocycles. The Balaban J connectivity index is 1.51. The van der Waals surface area contributed by atoms with Gasteiger partial charge in [-0.15, -0.1) is 0 Å². The van der Waals surface area contributed by atoms with Crippen molar-refractivity contribution in [3.8, 4) is 0 Å². The fraction of sp³-hybridized carbons (Fsp3) is 0.238. The molecule has 0 bridgehead atoms. The minimum Gasteiger partial charge on any atom is -0.454 e. The van der Waals surface area contributed by atoms with E-state index >= 15 is 0 Å². The molecular formula is C21H19NO3. The van der Waals surface area contributed by atoms with Crippen LogP contribution in [0.1, 0.15) is 44.8 Å². The van der Waals surface area contributed by atoms with Crippen LogP contribution in [0.5, 0.6) is 0 Å². The smallest absolute Gasteiger partial charge is 0.338 e. The van der Waals surface area contributed by atoms with Gasteiger partial charge in [-0.25, -0.2) is 4.79 Å². The van der Waals surface area contributed by atoms with E-state index in [1.807, 2.05) is 18.2 Å². The number of rotatable bonds is 4. The zero-order valence-corrected chi connectivity index (χ0v) is 13.9. The van der Waals surface area contributed by atoms with E-state index in [4.69, 9.17) is 4.74 Å². The molecule has 4 heteroatoms. The summed E-state index contributed by atoms with van der Waals surface area (Å²) in [5, 5.41) is 1.10. The summed E-state index contributed by atoms with van der Waals surface area (Å²) in [6.07, 6.45) is 4.49. The molecular weight excluding hydrogens is 314 g/mol. The topological polar surface area (TPSA) is 59.2 Å². The first-order valence-electron chi connectivity index (χ1n) is 8.61. The van der Waals surface area contributed by atoms with Gasteiger partial charge >= 0.3 is 5.97 Å². The Morgan fingerprint density at radius 2 is 1.76 bits per heavy atom. The molecule has 0 fully saturated rings. The van der Waals surface area contributed by atoms with Gasteiger partial charge in [-0.1, -0.05) is 30.3 Å². The molecule has 0 radical (unpaired) electrons. The molecule has 1 aliphatic rings. The van der Waals surface area contributed by atoms with E-state index in [0.717, 1.165) is 23.7 Å². The van der Waals surface area contributed by atoms with Gasteiger partial charge in [0.25, 0.3) is 0 Å². The molecule has 1 N–H and O–H groups in total. The first kappa shape index (κ1) is 15.6. The Labute approximate surface area is 145 Å². The second-order valence-corrected chi connectivity index (χ2v) is 6.41. The summed E-state index contributed by atoms with van der Waals surface area (Å²) in [4.78, 5) is 27.8. The molecule has 0 amide bonds. The van der Waals surface area contributed by atoms with Crippen molar-refractivity contribution in [2.45, 2.75) is 25.7 Å². The lowest BCUT2D eigenvalue weighted by molar-refractivity contribution is 0.0475. The summed E-state index contributed by atoms with van der Waals surface area (Å²) >= 11 is 0. The van der Waals surface area contributed by atoms with Crippen molar-refractivity contribution in [1.82, 2.24) is 4.98 Å². The Hall–Kier alpha value is -2.88. The monoisotopic (exact) mass is 333 g/mol. The van der Waals surface area contributed by atoms with Crippen LogP contribution in [0.15, 0.2) is 48.5 Å². The number of aromatic nitrogens is 1. The van der Waals surface area contributed by atoms with Gasteiger partial charge in [0.05, 0.1) is 5.56 Å². The number of ketones is 1. The molecule has 1 aliphatic carbocycles. The van der Waals surface area contributed by atoms with Crippen molar-refractivity contribution in [2.75, 3.05) is 6.61 Å². The first-order valence-corrected chi connectivity index (χ1v) is 8.61. The van der Waals surface area contributed by atoms with E-state index in [1.165, 1.54) is 24.1 Å². The minimum absolute atomic E-state index is 0.200. The first-order chi connectivity index (χ1) is 12.2. The van der Waals surface area contributed by atoms with E-state index in [2.05, 4.69) is 4.98 Å². The molecule has 0 saturated heterocycles. The number of ether oxygens (including phenoxy) is 1. The number of aromatic amines is 1. The number of H-pyrrole nitrogens is 1. The highest BCUT2D eigenvalue weighted by atomic mass is 16.5. The lowest BCUT2D eigenvalue weighted by Crippen LogP contribution is -2.14. The number of carbonyl (C=O) groups is 2. The van der Waals surface area contributed by atoms with Crippen molar-refractivity contribution >= 4 is 22.7 Å². The molecule has 0 atom stereocenters. The fourth-order valence-electron chi connectivity index (χ4n) is 3.45. The predicted octanol–water partition coefficient (Wildman–Crippen LogP) is 4.09. The summed E-state index contributed by atoms with van der Waals surface area (Å²) in [7, 11) is 0. The Kier molecular flexibility index (Phi) is 4.10. The maximum atomic E-state index is 12.3. The molecule has 1 aromatic heterocycles. The van der Waals surface area contributed by atoms with E-state index in [9.17, 15) is 9.59 Å². The number of nitrogens with one attached hydrogen (secondary N) is 1. The van der Waals surface area contributed by atoms with Gasteiger partial charge in [-0.05, 0) is 49.4 Å². The number of hydrogen-bond donors (Lipinski definition) is 1. The minimum atomic E-state index is -0.461. The molecule has 25 heavy (non-hydrogen) atoms. The summed E-state index contributed by atoms with van der Waals surface area (Å²) in [6, 6.07) is 14.4. The Morgan fingerprint density at radius 3 is 2.60 bits per heavy atom. The van der Waals surface area contributed by atoms with Crippen LogP contribution in [-0.2, 0) is 17.6 Å². The van der Waals surface area contributed by atoms with Crippen LogP contribution in [0.25, 0.3) is 10.9 Å². The van der Waals surface area contributed by atoms with Crippen LogP contribution in [0.4, 0.5) is 0 Å². The average molecular weight is 333 g/mol. The lowest BCUT2D eigenvalue weighted by Gasteiger charge is -2.10. The zero-order valence-electron chi connectivity index (χ0n) is 13.9. The second kappa shape index (κ2) is 6.55. The zero-order chi connectivity index (χ0) is 17.2. The van der Waals surface area contributed by atoms with Gasteiger partial charge in [-0.2, -0.15) is 0 Å². The van der Waals surface area contributed by atoms with Crippen LogP contribution < -0.4 is 0 Å². The Morgan fingerprint density at radius 1 is 0.960 bits per heavy atom. The summed E-state index contributed by atoms with van der Waals surface area (Å²) in [5.74, 6) is -0.661. The molecule has 2 aromatic carbocycles. The largest absolute Gasteiger partial charge is 0.454 e. The van der Waals surface area contributed by atoms with Gasteiger partial charge in [-0.3, -0.25) is 4.79 Å². The summed E-state index contributed by atoms with van der Waals surface area (Å²) in [5.41, 5.74) is 4.69. The number of aryl methyl sites for hydroxylation is 2. The third kappa shape index (κ3) is 3.07. The molecule has 0 saturated carbocycles. The second-order valence-electron chi connectivity index (χ2n) is 6.41. The standard InChI is InChI=1S/C21H19NO3/c23-20(14-6-2-1-3-7-14)13-25-21(24)15-10-11-19-17(12-15)16-8-4-5-9-18(16)22-19/h1-3,6-7,10-12,22H,4-5,8-9,13H2. The van der Waals surface area contributed by atoms with Crippen LogP contribution in [0.3, 0.4) is 0 Å². The molecule has 3 aromatic rings. The molecule has 0 unspecified atom stereocenters. The lowest BCUT2D eigenvalue weighted by atomic mass is 9.95. The van der Waals surface area contributed by atoms with E-state index < -0.39 is 5.97 Å². The van der Waals surface area contributed by atoms with Gasteiger partial charge in [0, 0.05) is 22.2 Å².